The van der Waals surface area contributed by atoms with Crippen LogP contribution in [0.5, 0.6) is 0 Å². The van der Waals surface area contributed by atoms with Crippen molar-refractivity contribution in [3.63, 3.8) is 0 Å². The van der Waals surface area contributed by atoms with Gasteiger partial charge in [-0.3, -0.25) is 9.36 Å². The highest BCUT2D eigenvalue weighted by Gasteiger charge is 2.08. The maximum Gasteiger partial charge on any atom is 0.261 e. The molecule has 0 saturated carbocycles. The quantitative estimate of drug-likeness (QED) is 0.939. The largest absolute Gasteiger partial charge is 0.315 e. The van der Waals surface area contributed by atoms with Crippen LogP contribution < -0.4 is 10.9 Å². The molecule has 0 saturated heterocycles. The van der Waals surface area contributed by atoms with Gasteiger partial charge in [0.2, 0.25) is 0 Å². The summed E-state index contributed by atoms with van der Waals surface area (Å²) < 4.78 is 2.48. The van der Waals surface area contributed by atoms with Crippen LogP contribution in [-0.4, -0.2) is 22.6 Å². The van der Waals surface area contributed by atoms with Crippen molar-refractivity contribution in [3.05, 3.63) is 39.4 Å². The zero-order valence-electron chi connectivity index (χ0n) is 9.77. The van der Waals surface area contributed by atoms with Gasteiger partial charge in [-0.25, -0.2) is 4.98 Å². The topological polar surface area (TPSA) is 46.9 Å². The second-order valence-corrected chi connectivity index (χ2v) is 4.88. The number of aromatic nitrogens is 2. The summed E-state index contributed by atoms with van der Waals surface area (Å²) in [6.45, 7) is 2.64. The lowest BCUT2D eigenvalue weighted by Crippen LogP contribution is -2.32. The summed E-state index contributed by atoms with van der Waals surface area (Å²) in [4.78, 5) is 16.5. The zero-order chi connectivity index (χ0) is 12.4. The molecular formula is C12H14BrN3O. The van der Waals surface area contributed by atoms with E-state index in [2.05, 4.69) is 26.2 Å². The molecule has 1 aromatic heterocycles. The Morgan fingerprint density at radius 3 is 3.00 bits per heavy atom. The van der Waals surface area contributed by atoms with E-state index < -0.39 is 0 Å². The van der Waals surface area contributed by atoms with Crippen molar-refractivity contribution >= 4 is 26.8 Å². The fourth-order valence-electron chi connectivity index (χ4n) is 1.67. The Morgan fingerprint density at radius 1 is 1.53 bits per heavy atom. The van der Waals surface area contributed by atoms with Crippen LogP contribution in [0.15, 0.2) is 33.8 Å². The van der Waals surface area contributed by atoms with E-state index in [1.165, 1.54) is 0 Å². The molecule has 0 spiro atoms. The fourth-order valence-corrected chi connectivity index (χ4v) is 2.14. The van der Waals surface area contributed by atoms with Crippen molar-refractivity contribution < 1.29 is 0 Å². The van der Waals surface area contributed by atoms with Gasteiger partial charge in [0.25, 0.3) is 5.56 Å². The third-order valence-electron chi connectivity index (χ3n) is 2.77. The average Bonchev–Trinajstić information content (AvgIpc) is 2.33. The molecule has 90 valence electrons. The summed E-state index contributed by atoms with van der Waals surface area (Å²) in [6.07, 6.45) is 1.60. The molecule has 0 fully saturated rings. The first kappa shape index (κ1) is 12.3. The number of para-hydroxylation sites is 1. The number of rotatable bonds is 3. The molecule has 0 bridgehead atoms. The molecule has 1 unspecified atom stereocenters. The van der Waals surface area contributed by atoms with Crippen LogP contribution in [-0.2, 0) is 6.54 Å². The molecule has 5 heteroatoms. The van der Waals surface area contributed by atoms with Gasteiger partial charge in [0.1, 0.15) is 0 Å². The maximum absolute atomic E-state index is 12.2. The van der Waals surface area contributed by atoms with Crippen molar-refractivity contribution in [2.24, 2.45) is 0 Å². The molecule has 0 aliphatic heterocycles. The summed E-state index contributed by atoms with van der Waals surface area (Å²) in [5, 5.41) is 3.75. The number of halogens is 1. The number of hydrogen-bond donors (Lipinski definition) is 1. The second-order valence-electron chi connectivity index (χ2n) is 4.03. The van der Waals surface area contributed by atoms with E-state index >= 15 is 0 Å². The summed E-state index contributed by atoms with van der Waals surface area (Å²) in [7, 11) is 1.88. The Bertz CT molecular complexity index is 594. The average molecular weight is 296 g/mol. The first-order valence-corrected chi connectivity index (χ1v) is 6.23. The lowest BCUT2D eigenvalue weighted by Gasteiger charge is -2.12. The van der Waals surface area contributed by atoms with Crippen LogP contribution in [0.1, 0.15) is 6.92 Å². The molecule has 1 heterocycles. The number of hydrogen-bond acceptors (Lipinski definition) is 3. The van der Waals surface area contributed by atoms with E-state index in [1.54, 1.807) is 17.0 Å². The molecule has 0 amide bonds. The van der Waals surface area contributed by atoms with E-state index in [0.717, 1.165) is 4.47 Å². The monoisotopic (exact) mass is 295 g/mol. The van der Waals surface area contributed by atoms with Gasteiger partial charge in [-0.15, -0.1) is 0 Å². The molecule has 0 radical (unpaired) electrons. The van der Waals surface area contributed by atoms with Gasteiger partial charge in [-0.2, -0.15) is 0 Å². The van der Waals surface area contributed by atoms with Crippen molar-refractivity contribution in [2.75, 3.05) is 7.05 Å². The zero-order valence-corrected chi connectivity index (χ0v) is 11.4. The highest BCUT2D eigenvalue weighted by atomic mass is 79.9. The molecule has 2 rings (SSSR count). The Hall–Kier alpha value is -1.20. The van der Waals surface area contributed by atoms with Crippen LogP contribution >= 0.6 is 15.9 Å². The first-order valence-electron chi connectivity index (χ1n) is 5.44. The van der Waals surface area contributed by atoms with E-state index in [1.807, 2.05) is 26.1 Å². The SMILES string of the molecule is CNC(C)Cn1cnc2c(Br)cccc2c1=O. The van der Waals surface area contributed by atoms with Gasteiger partial charge in [0.15, 0.2) is 0 Å². The van der Waals surface area contributed by atoms with Crippen LogP contribution in [0.25, 0.3) is 10.9 Å². The molecule has 17 heavy (non-hydrogen) atoms. The number of nitrogens with zero attached hydrogens (tertiary/aromatic N) is 2. The van der Waals surface area contributed by atoms with Gasteiger partial charge < -0.3 is 5.32 Å². The number of nitrogens with one attached hydrogen (secondary N) is 1. The fraction of sp³-hybridized carbons (Fsp3) is 0.333. The third-order valence-corrected chi connectivity index (χ3v) is 3.41. The van der Waals surface area contributed by atoms with Crippen molar-refractivity contribution in [2.45, 2.75) is 19.5 Å². The van der Waals surface area contributed by atoms with E-state index in [-0.39, 0.29) is 11.6 Å². The van der Waals surface area contributed by atoms with Gasteiger partial charge in [-0.05, 0) is 42.0 Å². The highest BCUT2D eigenvalue weighted by Crippen LogP contribution is 2.18. The predicted molar refractivity (Wildman–Crippen MR) is 72.2 cm³/mol. The number of likely N-dealkylation sites (N-methyl/N-ethyl adjacent to an activating group) is 1. The minimum Gasteiger partial charge on any atom is -0.315 e. The van der Waals surface area contributed by atoms with Crippen LogP contribution in [0, 0.1) is 0 Å². The van der Waals surface area contributed by atoms with Gasteiger partial charge in [-0.1, -0.05) is 6.07 Å². The molecule has 4 nitrogen and oxygen atoms in total. The normalized spacial score (nSPS) is 12.9. The van der Waals surface area contributed by atoms with E-state index in [9.17, 15) is 4.79 Å². The predicted octanol–water partition coefficient (Wildman–Crippen LogP) is 1.77. The Morgan fingerprint density at radius 2 is 2.29 bits per heavy atom. The maximum atomic E-state index is 12.2. The molecule has 1 atom stereocenters. The molecule has 1 aromatic carbocycles. The summed E-state index contributed by atoms with van der Waals surface area (Å²) in [6, 6.07) is 5.77. The molecular weight excluding hydrogens is 282 g/mol. The molecule has 1 N–H and O–H groups in total. The second kappa shape index (κ2) is 4.98. The molecule has 0 aliphatic carbocycles. The summed E-state index contributed by atoms with van der Waals surface area (Å²) >= 11 is 3.40. The van der Waals surface area contributed by atoms with E-state index in [4.69, 9.17) is 0 Å². The lowest BCUT2D eigenvalue weighted by atomic mass is 10.2. The van der Waals surface area contributed by atoms with Crippen LogP contribution in [0.3, 0.4) is 0 Å². The van der Waals surface area contributed by atoms with Crippen molar-refractivity contribution in [1.29, 1.82) is 0 Å². The smallest absolute Gasteiger partial charge is 0.261 e. The van der Waals surface area contributed by atoms with Crippen LogP contribution in [0.2, 0.25) is 0 Å². The van der Waals surface area contributed by atoms with Crippen LogP contribution in [0.4, 0.5) is 0 Å². The lowest BCUT2D eigenvalue weighted by molar-refractivity contribution is 0.503. The van der Waals surface area contributed by atoms with Crippen molar-refractivity contribution in [3.8, 4) is 0 Å². The minimum absolute atomic E-state index is 0.00148. The molecule has 0 aliphatic rings. The molecule has 2 aromatic rings. The van der Waals surface area contributed by atoms with Gasteiger partial charge in [0.05, 0.1) is 17.2 Å². The van der Waals surface area contributed by atoms with E-state index in [0.29, 0.717) is 17.4 Å². The third kappa shape index (κ3) is 2.40. The Kier molecular flexibility index (Phi) is 3.59. The minimum atomic E-state index is -0.00148. The Labute approximate surface area is 108 Å². The van der Waals surface area contributed by atoms with Gasteiger partial charge in [0, 0.05) is 17.1 Å². The Balaban J connectivity index is 2.55. The van der Waals surface area contributed by atoms with Crippen molar-refractivity contribution in [1.82, 2.24) is 14.9 Å². The first-order chi connectivity index (χ1) is 8.13. The highest BCUT2D eigenvalue weighted by molar-refractivity contribution is 9.10. The van der Waals surface area contributed by atoms with Gasteiger partial charge >= 0.3 is 0 Å². The number of fused-ring (bicyclic) bond motifs is 1. The standard InChI is InChI=1S/C12H14BrN3O/c1-8(14-2)6-16-7-15-11-9(12(16)17)4-3-5-10(11)13/h3-5,7-8,14H,6H2,1-2H3. The summed E-state index contributed by atoms with van der Waals surface area (Å²) in [5.41, 5.74) is 0.712. The number of benzene rings is 1. The summed E-state index contributed by atoms with van der Waals surface area (Å²) in [5.74, 6) is 0.